The van der Waals surface area contributed by atoms with E-state index >= 15 is 0 Å². The van der Waals surface area contributed by atoms with Crippen LogP contribution in [0.2, 0.25) is 0 Å². The molecule has 0 saturated heterocycles. The first-order valence-corrected chi connectivity index (χ1v) is 9.85. The van der Waals surface area contributed by atoms with Gasteiger partial charge in [0, 0.05) is 23.1 Å². The highest BCUT2D eigenvalue weighted by Gasteiger charge is 2.29. The highest BCUT2D eigenvalue weighted by Crippen LogP contribution is 2.28. The molecule has 30 heavy (non-hydrogen) atoms. The number of benzodiazepines with no additional fused rings is 1. The number of fused-ring (bicyclic) bond motifs is 2. The summed E-state index contributed by atoms with van der Waals surface area (Å²) in [4.78, 5) is 41.6. The Kier molecular flexibility index (Phi) is 4.89. The molecule has 2 aromatic rings. The number of anilines is 1. The molecule has 2 amide bonds. The van der Waals surface area contributed by atoms with Crippen molar-refractivity contribution in [3.63, 3.8) is 0 Å². The second-order valence-electron chi connectivity index (χ2n) is 8.36. The number of hydrogen-bond donors (Lipinski definition) is 2. The Morgan fingerprint density at radius 3 is 2.63 bits per heavy atom. The lowest BCUT2D eigenvalue weighted by molar-refractivity contribution is -0.118. The van der Waals surface area contributed by atoms with E-state index in [9.17, 15) is 14.4 Å². The number of nitrogens with zero attached hydrogens (tertiary/aromatic N) is 1. The summed E-state index contributed by atoms with van der Waals surface area (Å²) in [6, 6.07) is 12.9. The number of carbonyl (C=O) groups is 3. The molecule has 1 aliphatic carbocycles. The number of aliphatic imine (C=N–C) groups is 1. The molecule has 0 spiro atoms. The molecule has 0 fully saturated rings. The van der Waals surface area contributed by atoms with Crippen LogP contribution in [0.1, 0.15) is 54.2 Å². The highest BCUT2D eigenvalue weighted by molar-refractivity contribution is 6.20. The van der Waals surface area contributed by atoms with Crippen molar-refractivity contribution in [3.05, 3.63) is 64.7 Å². The standard InChI is InChI=1S/C23H23N3O4/c1-23(2,3)30-22(29)26-20-21(28)24-17-7-5-4-6-16(17)19(25-20)14-8-10-15-13(12-14)9-11-18(15)27/h4-8,10,12,20H,9,11H2,1-3H3,(H,24,28)(H,26,29). The molecule has 1 heterocycles. The Labute approximate surface area is 174 Å². The topological polar surface area (TPSA) is 96.9 Å². The van der Waals surface area contributed by atoms with E-state index in [1.165, 1.54) is 0 Å². The van der Waals surface area contributed by atoms with Crippen LogP contribution in [0.5, 0.6) is 0 Å². The Morgan fingerprint density at radius 1 is 1.10 bits per heavy atom. The third-order valence-electron chi connectivity index (χ3n) is 4.90. The molecule has 2 aromatic carbocycles. The molecule has 2 N–H and O–H groups in total. The molecule has 7 heteroatoms. The zero-order chi connectivity index (χ0) is 21.5. The number of rotatable bonds is 2. The first-order valence-electron chi connectivity index (χ1n) is 9.85. The number of Topliss-reactive ketones (excluding diaryl/α,β-unsaturated/α-hetero) is 1. The van der Waals surface area contributed by atoms with Gasteiger partial charge in [-0.2, -0.15) is 0 Å². The van der Waals surface area contributed by atoms with Gasteiger partial charge in [0.1, 0.15) is 5.60 Å². The maximum atomic E-state index is 12.8. The number of aryl methyl sites for hydroxylation is 1. The van der Waals surface area contributed by atoms with Gasteiger partial charge in [-0.15, -0.1) is 0 Å². The number of benzene rings is 2. The van der Waals surface area contributed by atoms with E-state index in [0.717, 1.165) is 22.3 Å². The molecule has 7 nitrogen and oxygen atoms in total. The van der Waals surface area contributed by atoms with Gasteiger partial charge in [-0.05, 0) is 44.9 Å². The van der Waals surface area contributed by atoms with Crippen molar-refractivity contribution in [1.29, 1.82) is 0 Å². The minimum atomic E-state index is -1.16. The number of ether oxygens (including phenoxy) is 1. The number of amides is 2. The Bertz CT molecular complexity index is 1080. The van der Waals surface area contributed by atoms with Crippen molar-refractivity contribution >= 4 is 29.2 Å². The Hall–Kier alpha value is -3.48. The number of ketones is 1. The lowest BCUT2D eigenvalue weighted by atomic mass is 9.97. The van der Waals surface area contributed by atoms with E-state index in [-0.39, 0.29) is 5.78 Å². The van der Waals surface area contributed by atoms with Crippen LogP contribution in [0.25, 0.3) is 0 Å². The van der Waals surface area contributed by atoms with Gasteiger partial charge in [0.15, 0.2) is 5.78 Å². The zero-order valence-corrected chi connectivity index (χ0v) is 17.1. The van der Waals surface area contributed by atoms with Gasteiger partial charge in [0.2, 0.25) is 6.17 Å². The van der Waals surface area contributed by atoms with Gasteiger partial charge in [0.05, 0.1) is 11.4 Å². The van der Waals surface area contributed by atoms with E-state index in [1.54, 1.807) is 26.8 Å². The van der Waals surface area contributed by atoms with Gasteiger partial charge in [-0.25, -0.2) is 9.79 Å². The average Bonchev–Trinajstić information content (AvgIpc) is 2.97. The monoisotopic (exact) mass is 405 g/mol. The minimum absolute atomic E-state index is 0.140. The molecule has 0 aromatic heterocycles. The van der Waals surface area contributed by atoms with Crippen LogP contribution < -0.4 is 10.6 Å². The van der Waals surface area contributed by atoms with Crippen LogP contribution in [-0.4, -0.2) is 35.3 Å². The highest BCUT2D eigenvalue weighted by atomic mass is 16.6. The lowest BCUT2D eigenvalue weighted by Gasteiger charge is -2.21. The van der Waals surface area contributed by atoms with Gasteiger partial charge >= 0.3 is 6.09 Å². The van der Waals surface area contributed by atoms with Crippen molar-refractivity contribution in [3.8, 4) is 0 Å². The Morgan fingerprint density at radius 2 is 1.87 bits per heavy atom. The van der Waals surface area contributed by atoms with Crippen LogP contribution in [0.3, 0.4) is 0 Å². The molecule has 1 aliphatic heterocycles. The van der Waals surface area contributed by atoms with Crippen molar-refractivity contribution < 1.29 is 19.1 Å². The van der Waals surface area contributed by atoms with Crippen LogP contribution in [0.4, 0.5) is 10.5 Å². The predicted molar refractivity (Wildman–Crippen MR) is 113 cm³/mol. The van der Waals surface area contributed by atoms with E-state index in [2.05, 4.69) is 15.6 Å². The first-order chi connectivity index (χ1) is 14.2. The molecule has 0 radical (unpaired) electrons. The molecule has 0 saturated carbocycles. The average molecular weight is 405 g/mol. The zero-order valence-electron chi connectivity index (χ0n) is 17.1. The van der Waals surface area contributed by atoms with E-state index in [0.29, 0.717) is 24.2 Å². The maximum Gasteiger partial charge on any atom is 0.409 e. The van der Waals surface area contributed by atoms with Crippen LogP contribution in [0.15, 0.2) is 47.5 Å². The molecule has 2 aliphatic rings. The van der Waals surface area contributed by atoms with Gasteiger partial charge < -0.3 is 10.1 Å². The molecular weight excluding hydrogens is 382 g/mol. The summed E-state index contributed by atoms with van der Waals surface area (Å²) in [7, 11) is 0. The van der Waals surface area contributed by atoms with Crippen molar-refractivity contribution in [2.24, 2.45) is 4.99 Å². The van der Waals surface area contributed by atoms with E-state index in [4.69, 9.17) is 4.74 Å². The number of hydrogen-bond acceptors (Lipinski definition) is 5. The summed E-state index contributed by atoms with van der Waals surface area (Å²) in [5, 5.41) is 5.37. The first kappa shape index (κ1) is 19.8. The summed E-state index contributed by atoms with van der Waals surface area (Å²) >= 11 is 0. The second kappa shape index (κ2) is 7.40. The predicted octanol–water partition coefficient (Wildman–Crippen LogP) is 3.46. The second-order valence-corrected chi connectivity index (χ2v) is 8.36. The normalized spacial score (nSPS) is 18.0. The molecule has 0 bridgehead atoms. The van der Waals surface area contributed by atoms with E-state index in [1.807, 2.05) is 36.4 Å². The molecule has 1 unspecified atom stereocenters. The number of carbonyl (C=O) groups excluding carboxylic acids is 3. The fourth-order valence-electron chi connectivity index (χ4n) is 3.61. The SMILES string of the molecule is CC(C)(C)OC(=O)NC1N=C(c2ccc3c(c2)CCC3=O)c2ccccc2NC1=O. The summed E-state index contributed by atoms with van der Waals surface area (Å²) in [6.45, 7) is 5.24. The van der Waals surface area contributed by atoms with Gasteiger partial charge in [0.25, 0.3) is 5.91 Å². The Balaban J connectivity index is 1.75. The fourth-order valence-corrected chi connectivity index (χ4v) is 3.61. The smallest absolute Gasteiger partial charge is 0.409 e. The van der Waals surface area contributed by atoms with Crippen molar-refractivity contribution in [1.82, 2.24) is 5.32 Å². The lowest BCUT2D eigenvalue weighted by Crippen LogP contribution is -2.44. The minimum Gasteiger partial charge on any atom is -0.444 e. The van der Waals surface area contributed by atoms with E-state index < -0.39 is 23.8 Å². The van der Waals surface area contributed by atoms with Crippen LogP contribution in [0, 0.1) is 0 Å². The third kappa shape index (κ3) is 3.96. The number of nitrogens with one attached hydrogen (secondary N) is 2. The maximum absolute atomic E-state index is 12.8. The van der Waals surface area contributed by atoms with Crippen LogP contribution >= 0.6 is 0 Å². The summed E-state index contributed by atoms with van der Waals surface area (Å²) in [5.74, 6) is -0.319. The number of alkyl carbamates (subject to hydrolysis) is 1. The van der Waals surface area contributed by atoms with Crippen LogP contribution in [-0.2, 0) is 16.0 Å². The van der Waals surface area contributed by atoms with Crippen molar-refractivity contribution in [2.45, 2.75) is 45.4 Å². The van der Waals surface area contributed by atoms with Gasteiger partial charge in [-0.1, -0.05) is 30.3 Å². The van der Waals surface area contributed by atoms with Gasteiger partial charge in [-0.3, -0.25) is 14.9 Å². The summed E-state index contributed by atoms with van der Waals surface area (Å²) in [5.41, 5.74) is 3.69. The number of para-hydroxylation sites is 1. The van der Waals surface area contributed by atoms with Crippen molar-refractivity contribution in [2.75, 3.05) is 5.32 Å². The molecular formula is C23H23N3O4. The fraction of sp³-hybridized carbons (Fsp3) is 0.304. The molecule has 154 valence electrons. The summed E-state index contributed by atoms with van der Waals surface area (Å²) < 4.78 is 5.28. The molecule has 1 atom stereocenters. The largest absolute Gasteiger partial charge is 0.444 e. The third-order valence-corrected chi connectivity index (χ3v) is 4.90. The summed E-state index contributed by atoms with van der Waals surface area (Å²) in [6.07, 6.45) is -0.688. The molecule has 4 rings (SSSR count). The quantitative estimate of drug-likeness (QED) is 0.800.